The van der Waals surface area contributed by atoms with E-state index in [1.54, 1.807) is 6.07 Å². The Bertz CT molecular complexity index is 417. The van der Waals surface area contributed by atoms with E-state index in [1.807, 2.05) is 11.4 Å². The highest BCUT2D eigenvalue weighted by molar-refractivity contribution is 7.80. The van der Waals surface area contributed by atoms with E-state index in [4.69, 9.17) is 17.0 Å². The van der Waals surface area contributed by atoms with Crippen LogP contribution in [0.25, 0.3) is 0 Å². The van der Waals surface area contributed by atoms with Crippen LogP contribution in [0.2, 0.25) is 0 Å². The third-order valence-corrected chi connectivity index (χ3v) is 3.90. The minimum absolute atomic E-state index is 0.154. The van der Waals surface area contributed by atoms with Gasteiger partial charge in [-0.3, -0.25) is 15.0 Å². The van der Waals surface area contributed by atoms with E-state index >= 15 is 0 Å². The van der Waals surface area contributed by atoms with Gasteiger partial charge in [-0.2, -0.15) is 0 Å². The fourth-order valence-electron chi connectivity index (χ4n) is 1.77. The van der Waals surface area contributed by atoms with Gasteiger partial charge in [0.05, 0.1) is 18.1 Å². The monoisotopic (exact) mass is 299 g/mol. The van der Waals surface area contributed by atoms with Crippen LogP contribution in [0.3, 0.4) is 0 Å². The number of hydrogen-bond acceptors (Lipinski definition) is 5. The summed E-state index contributed by atoms with van der Waals surface area (Å²) in [6.45, 7) is 5.12. The second-order valence-electron chi connectivity index (χ2n) is 4.14. The summed E-state index contributed by atoms with van der Waals surface area (Å²) in [5.74, 6) is -0.154. The van der Waals surface area contributed by atoms with Crippen LogP contribution in [0.4, 0.5) is 0 Å². The van der Waals surface area contributed by atoms with Crippen molar-refractivity contribution in [3.63, 3.8) is 0 Å². The van der Waals surface area contributed by atoms with Crippen molar-refractivity contribution in [2.24, 2.45) is 0 Å². The van der Waals surface area contributed by atoms with Gasteiger partial charge in [-0.25, -0.2) is 0 Å². The van der Waals surface area contributed by atoms with Gasteiger partial charge in [-0.1, -0.05) is 6.07 Å². The summed E-state index contributed by atoms with van der Waals surface area (Å²) >= 11 is 6.49. The molecule has 1 saturated heterocycles. The molecule has 19 heavy (non-hydrogen) atoms. The van der Waals surface area contributed by atoms with Gasteiger partial charge in [0.25, 0.3) is 5.91 Å². The molecule has 0 aliphatic carbocycles. The lowest BCUT2D eigenvalue weighted by Crippen LogP contribution is -2.44. The molecule has 0 bridgehead atoms. The van der Waals surface area contributed by atoms with E-state index in [1.165, 1.54) is 11.3 Å². The summed E-state index contributed by atoms with van der Waals surface area (Å²) < 4.78 is 5.28. The number of amides is 1. The third-order valence-electron chi connectivity index (χ3n) is 2.79. The summed E-state index contributed by atoms with van der Waals surface area (Å²) in [7, 11) is 0. The number of hydrogen-bond donors (Lipinski definition) is 2. The van der Waals surface area contributed by atoms with Gasteiger partial charge >= 0.3 is 0 Å². The highest BCUT2D eigenvalue weighted by atomic mass is 32.1. The zero-order valence-electron chi connectivity index (χ0n) is 10.6. The number of nitrogens with zero attached hydrogens (tertiary/aromatic N) is 1. The van der Waals surface area contributed by atoms with Gasteiger partial charge < -0.3 is 10.1 Å². The van der Waals surface area contributed by atoms with Crippen LogP contribution in [0.1, 0.15) is 9.67 Å². The Kier molecular flexibility index (Phi) is 5.71. The zero-order valence-corrected chi connectivity index (χ0v) is 12.2. The van der Waals surface area contributed by atoms with Gasteiger partial charge in [-0.05, 0) is 23.7 Å². The summed E-state index contributed by atoms with van der Waals surface area (Å²) in [6, 6.07) is 3.62. The number of morpholine rings is 1. The maximum Gasteiger partial charge on any atom is 0.267 e. The highest BCUT2D eigenvalue weighted by Gasteiger charge is 2.11. The van der Waals surface area contributed by atoms with Crippen molar-refractivity contribution >= 4 is 34.6 Å². The number of ether oxygens (including phenoxy) is 1. The van der Waals surface area contributed by atoms with Crippen LogP contribution < -0.4 is 10.6 Å². The van der Waals surface area contributed by atoms with Crippen molar-refractivity contribution in [1.29, 1.82) is 0 Å². The van der Waals surface area contributed by atoms with Crippen molar-refractivity contribution in [1.82, 2.24) is 15.5 Å². The van der Waals surface area contributed by atoms with Crippen LogP contribution >= 0.6 is 23.6 Å². The average Bonchev–Trinajstić information content (AvgIpc) is 2.94. The first-order valence-corrected chi connectivity index (χ1v) is 7.47. The van der Waals surface area contributed by atoms with Crippen molar-refractivity contribution in [3.05, 3.63) is 22.4 Å². The molecule has 0 aromatic carbocycles. The molecular weight excluding hydrogens is 282 g/mol. The molecular formula is C12H17N3O2S2. The molecule has 0 atom stereocenters. The molecule has 0 spiro atoms. The number of rotatable bonds is 4. The Morgan fingerprint density at radius 1 is 1.47 bits per heavy atom. The quantitative estimate of drug-likeness (QED) is 0.801. The first-order chi connectivity index (χ1) is 9.25. The lowest BCUT2D eigenvalue weighted by molar-refractivity contribution is 0.0389. The molecule has 2 rings (SSSR count). The largest absolute Gasteiger partial charge is 0.379 e. The molecule has 0 saturated carbocycles. The second kappa shape index (κ2) is 7.54. The van der Waals surface area contributed by atoms with E-state index in [0.29, 0.717) is 9.99 Å². The van der Waals surface area contributed by atoms with Crippen molar-refractivity contribution in [3.8, 4) is 0 Å². The summed E-state index contributed by atoms with van der Waals surface area (Å²) in [5.41, 5.74) is 0. The van der Waals surface area contributed by atoms with E-state index in [0.717, 1.165) is 39.4 Å². The summed E-state index contributed by atoms with van der Waals surface area (Å²) in [6.07, 6.45) is 0. The van der Waals surface area contributed by atoms with Gasteiger partial charge in [0.2, 0.25) is 0 Å². The Morgan fingerprint density at radius 2 is 2.26 bits per heavy atom. The topological polar surface area (TPSA) is 53.6 Å². The van der Waals surface area contributed by atoms with Crippen LogP contribution in [0.15, 0.2) is 17.5 Å². The molecule has 1 fully saturated rings. The molecule has 1 aliphatic heterocycles. The van der Waals surface area contributed by atoms with E-state index in [2.05, 4.69) is 15.5 Å². The average molecular weight is 299 g/mol. The summed E-state index contributed by atoms with van der Waals surface area (Å²) in [4.78, 5) is 14.7. The molecule has 0 radical (unpaired) electrons. The van der Waals surface area contributed by atoms with E-state index < -0.39 is 0 Å². The molecule has 5 nitrogen and oxygen atoms in total. The lowest BCUT2D eigenvalue weighted by Gasteiger charge is -2.26. The number of thiophene rings is 1. The molecule has 1 aromatic heterocycles. The predicted octanol–water partition coefficient (Wildman–Crippen LogP) is 0.685. The smallest absolute Gasteiger partial charge is 0.267 e. The van der Waals surface area contributed by atoms with Crippen molar-refractivity contribution in [2.45, 2.75) is 0 Å². The Hall–Kier alpha value is -1.02. The Morgan fingerprint density at radius 3 is 2.95 bits per heavy atom. The van der Waals surface area contributed by atoms with Gasteiger partial charge in [-0.15, -0.1) is 11.3 Å². The van der Waals surface area contributed by atoms with Crippen LogP contribution in [0, 0.1) is 0 Å². The van der Waals surface area contributed by atoms with Crippen molar-refractivity contribution in [2.75, 3.05) is 39.4 Å². The molecule has 1 aliphatic rings. The molecule has 2 heterocycles. The molecule has 0 unspecified atom stereocenters. The number of nitrogens with one attached hydrogen (secondary N) is 2. The SMILES string of the molecule is O=C(NC(=S)NCCN1CCOCC1)c1cccs1. The van der Waals surface area contributed by atoms with E-state index in [-0.39, 0.29) is 5.91 Å². The third kappa shape index (κ3) is 4.87. The molecule has 104 valence electrons. The fraction of sp³-hybridized carbons (Fsp3) is 0.500. The minimum atomic E-state index is -0.154. The maximum atomic E-state index is 11.7. The van der Waals surface area contributed by atoms with Gasteiger partial charge in [0, 0.05) is 26.2 Å². The zero-order chi connectivity index (χ0) is 13.5. The standard InChI is InChI=1S/C12H17N3O2S2/c16-11(10-2-1-9-19-10)14-12(18)13-3-4-15-5-7-17-8-6-15/h1-2,9H,3-8H2,(H2,13,14,16,18). The first-order valence-electron chi connectivity index (χ1n) is 6.18. The molecule has 2 N–H and O–H groups in total. The predicted molar refractivity (Wildman–Crippen MR) is 79.6 cm³/mol. The molecule has 1 amide bonds. The maximum absolute atomic E-state index is 11.7. The fourth-order valence-corrected chi connectivity index (χ4v) is 2.58. The van der Waals surface area contributed by atoms with Crippen LogP contribution in [0.5, 0.6) is 0 Å². The number of thiocarbonyl (C=S) groups is 1. The van der Waals surface area contributed by atoms with Crippen LogP contribution in [-0.4, -0.2) is 55.3 Å². The summed E-state index contributed by atoms with van der Waals surface area (Å²) in [5, 5.41) is 7.96. The van der Waals surface area contributed by atoms with Crippen molar-refractivity contribution < 1.29 is 9.53 Å². The second-order valence-corrected chi connectivity index (χ2v) is 5.50. The van der Waals surface area contributed by atoms with E-state index in [9.17, 15) is 4.79 Å². The number of carbonyl (C=O) groups is 1. The lowest BCUT2D eigenvalue weighted by atomic mass is 10.4. The Labute approximate surface area is 121 Å². The van der Waals surface area contributed by atoms with Crippen LogP contribution in [-0.2, 0) is 4.74 Å². The van der Waals surface area contributed by atoms with Gasteiger partial charge in [0.15, 0.2) is 5.11 Å². The first kappa shape index (κ1) is 14.4. The minimum Gasteiger partial charge on any atom is -0.379 e. The number of carbonyl (C=O) groups excluding carboxylic acids is 1. The highest BCUT2D eigenvalue weighted by Crippen LogP contribution is 2.07. The van der Waals surface area contributed by atoms with Gasteiger partial charge in [0.1, 0.15) is 0 Å². The Balaban J connectivity index is 1.63. The normalized spacial score (nSPS) is 16.0. The molecule has 7 heteroatoms. The molecule has 1 aromatic rings.